The van der Waals surface area contributed by atoms with Gasteiger partial charge in [0.2, 0.25) is 5.82 Å². The molecular formula is C15H15F4N3. The molecule has 0 saturated carbocycles. The molecule has 0 aliphatic carbocycles. The zero-order valence-electron chi connectivity index (χ0n) is 11.9. The first kappa shape index (κ1) is 15.0. The maximum absolute atomic E-state index is 13.0. The Morgan fingerprint density at radius 1 is 1.27 bits per heavy atom. The molecule has 3 rings (SSSR count). The molecule has 3 nitrogen and oxygen atoms in total. The molecule has 1 aromatic carbocycles. The summed E-state index contributed by atoms with van der Waals surface area (Å²) in [6, 6.07) is 5.67. The van der Waals surface area contributed by atoms with Crippen LogP contribution in [0, 0.1) is 5.82 Å². The van der Waals surface area contributed by atoms with Crippen molar-refractivity contribution >= 4 is 0 Å². The van der Waals surface area contributed by atoms with Crippen LogP contribution in [0.1, 0.15) is 28.8 Å². The van der Waals surface area contributed by atoms with Crippen LogP contribution in [0.5, 0.6) is 0 Å². The van der Waals surface area contributed by atoms with E-state index in [0.717, 1.165) is 10.1 Å². The van der Waals surface area contributed by atoms with Crippen LogP contribution >= 0.6 is 0 Å². The Bertz CT molecular complexity index is 673. The Labute approximate surface area is 125 Å². The summed E-state index contributed by atoms with van der Waals surface area (Å²) >= 11 is 0. The number of alkyl halides is 3. The van der Waals surface area contributed by atoms with Gasteiger partial charge in [0.05, 0.1) is 11.7 Å². The van der Waals surface area contributed by atoms with Crippen molar-refractivity contribution in [3.05, 3.63) is 52.9 Å². The van der Waals surface area contributed by atoms with E-state index in [1.54, 1.807) is 12.1 Å². The predicted molar refractivity (Wildman–Crippen MR) is 72.8 cm³/mol. The second-order valence-corrected chi connectivity index (χ2v) is 5.41. The molecule has 1 atom stereocenters. The summed E-state index contributed by atoms with van der Waals surface area (Å²) in [6.07, 6.45) is -3.48. The van der Waals surface area contributed by atoms with Crippen molar-refractivity contribution in [1.82, 2.24) is 14.9 Å². The Balaban J connectivity index is 1.92. The molecule has 2 heterocycles. The van der Waals surface area contributed by atoms with E-state index >= 15 is 0 Å². The lowest BCUT2D eigenvalue weighted by atomic mass is 9.98. The van der Waals surface area contributed by atoms with E-state index in [4.69, 9.17) is 0 Å². The molecule has 0 radical (unpaired) electrons. The highest BCUT2D eigenvalue weighted by molar-refractivity contribution is 5.28. The third kappa shape index (κ3) is 2.72. The summed E-state index contributed by atoms with van der Waals surface area (Å²) in [5.74, 6) is -1.21. The van der Waals surface area contributed by atoms with Crippen molar-refractivity contribution in [3.8, 4) is 0 Å². The fourth-order valence-electron chi connectivity index (χ4n) is 2.87. The Hall–Kier alpha value is -1.89. The first-order valence-corrected chi connectivity index (χ1v) is 6.97. The molecule has 1 aliphatic rings. The van der Waals surface area contributed by atoms with E-state index in [0.29, 0.717) is 30.8 Å². The van der Waals surface area contributed by atoms with Crippen molar-refractivity contribution in [3.63, 3.8) is 0 Å². The number of rotatable bonds is 2. The van der Waals surface area contributed by atoms with Crippen molar-refractivity contribution in [1.29, 1.82) is 0 Å². The van der Waals surface area contributed by atoms with Crippen molar-refractivity contribution in [2.45, 2.75) is 25.1 Å². The first-order valence-electron chi connectivity index (χ1n) is 6.97. The quantitative estimate of drug-likeness (QED) is 0.864. The molecule has 1 aliphatic heterocycles. The van der Waals surface area contributed by atoms with Gasteiger partial charge in [-0.05, 0) is 24.1 Å². The van der Waals surface area contributed by atoms with E-state index < -0.39 is 12.0 Å². The first-order chi connectivity index (χ1) is 10.4. The van der Waals surface area contributed by atoms with Gasteiger partial charge in [-0.3, -0.25) is 0 Å². The zero-order valence-corrected chi connectivity index (χ0v) is 11.9. The largest absolute Gasteiger partial charge is 0.449 e. The molecule has 0 spiro atoms. The van der Waals surface area contributed by atoms with Crippen molar-refractivity contribution < 1.29 is 17.6 Å². The third-order valence-corrected chi connectivity index (χ3v) is 3.93. The summed E-state index contributed by atoms with van der Waals surface area (Å²) in [5.41, 5.74) is 1.90. The maximum Gasteiger partial charge on any atom is 0.449 e. The third-order valence-electron chi connectivity index (χ3n) is 3.93. The second kappa shape index (κ2) is 5.39. The Morgan fingerprint density at radius 3 is 2.59 bits per heavy atom. The number of hydrogen-bond donors (Lipinski definition) is 1. The van der Waals surface area contributed by atoms with E-state index in [9.17, 15) is 17.6 Å². The number of imidazole rings is 1. The number of aromatic nitrogens is 2. The highest BCUT2D eigenvalue weighted by Crippen LogP contribution is 2.33. The van der Waals surface area contributed by atoms with Gasteiger partial charge in [0.1, 0.15) is 5.82 Å². The van der Waals surface area contributed by atoms with E-state index in [-0.39, 0.29) is 11.9 Å². The van der Waals surface area contributed by atoms with Gasteiger partial charge in [-0.15, -0.1) is 0 Å². The summed E-state index contributed by atoms with van der Waals surface area (Å²) in [7, 11) is 1.40. The molecular weight excluding hydrogens is 298 g/mol. The molecule has 7 heteroatoms. The molecule has 1 N–H and O–H groups in total. The normalized spacial score (nSPS) is 18.3. The predicted octanol–water partition coefficient (Wildman–Crippen LogP) is 3.01. The lowest BCUT2D eigenvalue weighted by Crippen LogP contribution is -2.32. The van der Waals surface area contributed by atoms with Crippen LogP contribution in [0.2, 0.25) is 0 Å². The van der Waals surface area contributed by atoms with Crippen LogP contribution in [-0.2, 0) is 26.1 Å². The summed E-state index contributed by atoms with van der Waals surface area (Å²) in [5, 5.41) is 3.19. The highest BCUT2D eigenvalue weighted by Gasteiger charge is 2.39. The van der Waals surface area contributed by atoms with Crippen LogP contribution in [0.4, 0.5) is 17.6 Å². The standard InChI is InChI=1S/C15H15F4N3/c1-22-12-6-7-20-11(8-9-2-4-10(16)5-3-9)13(12)21-14(22)15(17,18)19/h2-5,11,20H,6-8H2,1H3. The van der Waals surface area contributed by atoms with Gasteiger partial charge in [0.15, 0.2) is 0 Å². The van der Waals surface area contributed by atoms with Gasteiger partial charge in [-0.25, -0.2) is 9.37 Å². The second-order valence-electron chi connectivity index (χ2n) is 5.41. The number of fused-ring (bicyclic) bond motifs is 1. The number of nitrogens with one attached hydrogen (secondary N) is 1. The van der Waals surface area contributed by atoms with Crippen LogP contribution < -0.4 is 5.32 Å². The van der Waals surface area contributed by atoms with Gasteiger partial charge < -0.3 is 9.88 Å². The highest BCUT2D eigenvalue weighted by atomic mass is 19.4. The fraction of sp³-hybridized carbons (Fsp3) is 0.400. The molecule has 0 saturated heterocycles. The zero-order chi connectivity index (χ0) is 15.9. The molecule has 1 aromatic heterocycles. The van der Waals surface area contributed by atoms with E-state index in [2.05, 4.69) is 10.3 Å². The lowest BCUT2D eigenvalue weighted by Gasteiger charge is -2.23. The van der Waals surface area contributed by atoms with Gasteiger partial charge in [0.25, 0.3) is 0 Å². The van der Waals surface area contributed by atoms with E-state index in [1.165, 1.54) is 19.2 Å². The minimum absolute atomic E-state index is 0.295. The lowest BCUT2D eigenvalue weighted by molar-refractivity contribution is -0.146. The molecule has 118 valence electrons. The minimum Gasteiger partial charge on any atom is -0.327 e. The van der Waals surface area contributed by atoms with Gasteiger partial charge >= 0.3 is 6.18 Å². The molecule has 0 bridgehead atoms. The van der Waals surface area contributed by atoms with Crippen LogP contribution in [0.3, 0.4) is 0 Å². The van der Waals surface area contributed by atoms with Gasteiger partial charge in [-0.2, -0.15) is 13.2 Å². The SMILES string of the molecule is Cn1c(C(F)(F)F)nc2c1CCNC2Cc1ccc(F)cc1. The number of halogens is 4. The summed E-state index contributed by atoms with van der Waals surface area (Å²) < 4.78 is 53.0. The van der Waals surface area contributed by atoms with Crippen molar-refractivity contribution in [2.24, 2.45) is 7.05 Å². The maximum atomic E-state index is 13.0. The molecule has 2 aromatic rings. The number of benzene rings is 1. The smallest absolute Gasteiger partial charge is 0.327 e. The average molecular weight is 313 g/mol. The van der Waals surface area contributed by atoms with Gasteiger partial charge in [0, 0.05) is 25.7 Å². The van der Waals surface area contributed by atoms with Gasteiger partial charge in [-0.1, -0.05) is 12.1 Å². The molecule has 1 unspecified atom stereocenters. The van der Waals surface area contributed by atoms with Crippen LogP contribution in [0.25, 0.3) is 0 Å². The van der Waals surface area contributed by atoms with Crippen LogP contribution in [-0.4, -0.2) is 16.1 Å². The fourth-order valence-corrected chi connectivity index (χ4v) is 2.87. The van der Waals surface area contributed by atoms with Crippen molar-refractivity contribution in [2.75, 3.05) is 6.54 Å². The number of nitrogens with zero attached hydrogens (tertiary/aromatic N) is 2. The molecule has 0 amide bonds. The average Bonchev–Trinajstić information content (AvgIpc) is 2.80. The Kier molecular flexibility index (Phi) is 3.68. The van der Waals surface area contributed by atoms with Crippen LogP contribution in [0.15, 0.2) is 24.3 Å². The number of hydrogen-bond acceptors (Lipinski definition) is 2. The summed E-state index contributed by atoms with van der Waals surface area (Å²) in [4.78, 5) is 3.82. The topological polar surface area (TPSA) is 29.9 Å². The molecule has 0 fully saturated rings. The monoisotopic (exact) mass is 313 g/mol. The molecule has 22 heavy (non-hydrogen) atoms. The Morgan fingerprint density at radius 2 is 1.95 bits per heavy atom. The summed E-state index contributed by atoms with van der Waals surface area (Å²) in [6.45, 7) is 0.593. The van der Waals surface area contributed by atoms with E-state index in [1.807, 2.05) is 0 Å². The minimum atomic E-state index is -4.47.